The van der Waals surface area contributed by atoms with Crippen LogP contribution in [-0.4, -0.2) is 26.9 Å². The van der Waals surface area contributed by atoms with E-state index >= 15 is 0 Å². The minimum atomic E-state index is 0.102. The first-order chi connectivity index (χ1) is 10.3. The monoisotopic (exact) mass is 283 g/mol. The first-order valence-corrected chi connectivity index (χ1v) is 7.61. The number of benzene rings is 1. The minimum Gasteiger partial charge on any atom is -0.333 e. The van der Waals surface area contributed by atoms with Crippen LogP contribution in [-0.2, 0) is 11.3 Å². The number of likely N-dealkylation sites (tertiary alicyclic amines) is 1. The zero-order valence-electron chi connectivity index (χ0n) is 12.5. The van der Waals surface area contributed by atoms with E-state index in [4.69, 9.17) is 4.98 Å². The summed E-state index contributed by atoms with van der Waals surface area (Å²) in [7, 11) is 0. The van der Waals surface area contributed by atoms with Crippen molar-refractivity contribution in [2.45, 2.75) is 38.8 Å². The summed E-state index contributed by atoms with van der Waals surface area (Å²) in [5.74, 6) is 1.21. The Morgan fingerprint density at radius 3 is 3.05 bits per heavy atom. The van der Waals surface area contributed by atoms with Gasteiger partial charge in [-0.2, -0.15) is 0 Å². The number of imidazole rings is 1. The van der Waals surface area contributed by atoms with Crippen molar-refractivity contribution in [3.63, 3.8) is 0 Å². The molecule has 0 aliphatic carbocycles. The smallest absolute Gasteiger partial charge is 0.222 e. The van der Waals surface area contributed by atoms with Crippen LogP contribution in [0, 0.1) is 0 Å². The molecule has 0 spiro atoms. The second-order valence-electron chi connectivity index (χ2n) is 5.46. The van der Waals surface area contributed by atoms with Crippen molar-refractivity contribution in [3.8, 4) is 0 Å². The van der Waals surface area contributed by atoms with Crippen LogP contribution in [0.5, 0.6) is 0 Å². The van der Waals surface area contributed by atoms with Crippen LogP contribution in [0.4, 0.5) is 0 Å². The maximum absolute atomic E-state index is 12.2. The number of allylic oxidation sites excluding steroid dienone is 1. The number of carbonyl (C=O) groups excluding carboxylic acids is 1. The highest BCUT2D eigenvalue weighted by atomic mass is 16.2. The number of aromatic nitrogens is 2. The van der Waals surface area contributed by atoms with Gasteiger partial charge in [-0.1, -0.05) is 25.1 Å². The number of carbonyl (C=O) groups is 1. The van der Waals surface area contributed by atoms with E-state index < -0.39 is 0 Å². The number of hydrogen-bond donors (Lipinski definition) is 0. The molecule has 1 saturated heterocycles. The van der Waals surface area contributed by atoms with Crippen molar-refractivity contribution in [1.82, 2.24) is 14.5 Å². The van der Waals surface area contributed by atoms with Crippen LogP contribution in [0.25, 0.3) is 11.0 Å². The first kappa shape index (κ1) is 13.9. The fourth-order valence-corrected chi connectivity index (χ4v) is 3.21. The van der Waals surface area contributed by atoms with Gasteiger partial charge in [-0.15, -0.1) is 6.58 Å². The Morgan fingerprint density at radius 1 is 1.48 bits per heavy atom. The largest absolute Gasteiger partial charge is 0.333 e. The zero-order valence-corrected chi connectivity index (χ0v) is 12.5. The molecular formula is C17H21N3O. The number of rotatable bonds is 4. The van der Waals surface area contributed by atoms with Gasteiger partial charge in [-0.3, -0.25) is 4.79 Å². The first-order valence-electron chi connectivity index (χ1n) is 7.61. The molecule has 4 nitrogen and oxygen atoms in total. The maximum Gasteiger partial charge on any atom is 0.222 e. The molecule has 0 radical (unpaired) electrons. The lowest BCUT2D eigenvalue weighted by atomic mass is 10.2. The summed E-state index contributed by atoms with van der Waals surface area (Å²) in [5, 5.41) is 0. The molecule has 1 amide bonds. The Kier molecular flexibility index (Phi) is 3.78. The molecule has 1 fully saturated rings. The number of fused-ring (bicyclic) bond motifs is 1. The van der Waals surface area contributed by atoms with Gasteiger partial charge >= 0.3 is 0 Å². The van der Waals surface area contributed by atoms with E-state index in [1.54, 1.807) is 0 Å². The second-order valence-corrected chi connectivity index (χ2v) is 5.46. The molecule has 21 heavy (non-hydrogen) atoms. The summed E-state index contributed by atoms with van der Waals surface area (Å²) in [4.78, 5) is 18.9. The van der Waals surface area contributed by atoms with E-state index in [-0.39, 0.29) is 11.9 Å². The standard InChI is InChI=1S/C17H21N3O/c1-3-11-20-14-9-6-5-8-13(14)18-17(20)15-10-7-12-19(15)16(21)4-2/h3,5-6,8-9,15H,1,4,7,10-12H2,2H3/t15-/m0/s1. The summed E-state index contributed by atoms with van der Waals surface area (Å²) in [5.41, 5.74) is 2.10. The van der Waals surface area contributed by atoms with Gasteiger partial charge in [0.2, 0.25) is 5.91 Å². The van der Waals surface area contributed by atoms with Crippen LogP contribution in [0.1, 0.15) is 38.1 Å². The molecule has 1 aliphatic rings. The molecule has 1 aromatic heterocycles. The molecule has 1 atom stereocenters. The zero-order chi connectivity index (χ0) is 14.8. The Bertz CT molecular complexity index is 674. The Balaban J connectivity index is 2.08. The van der Waals surface area contributed by atoms with Gasteiger partial charge in [0.05, 0.1) is 17.1 Å². The van der Waals surface area contributed by atoms with Crippen molar-refractivity contribution in [1.29, 1.82) is 0 Å². The van der Waals surface area contributed by atoms with E-state index in [0.29, 0.717) is 6.42 Å². The van der Waals surface area contributed by atoms with Gasteiger partial charge in [0.1, 0.15) is 5.82 Å². The van der Waals surface area contributed by atoms with Crippen molar-refractivity contribution in [2.24, 2.45) is 0 Å². The Labute approximate surface area is 125 Å². The molecule has 3 rings (SSSR count). The van der Waals surface area contributed by atoms with Crippen molar-refractivity contribution >= 4 is 16.9 Å². The SMILES string of the molecule is C=CCn1c([C@@H]2CCCN2C(=O)CC)nc2ccccc21. The quantitative estimate of drug-likeness (QED) is 0.807. The lowest BCUT2D eigenvalue weighted by Crippen LogP contribution is -2.31. The van der Waals surface area contributed by atoms with Gasteiger partial charge in [0, 0.05) is 19.5 Å². The van der Waals surface area contributed by atoms with Crippen molar-refractivity contribution in [2.75, 3.05) is 6.54 Å². The highest BCUT2D eigenvalue weighted by Gasteiger charge is 2.32. The molecule has 0 unspecified atom stereocenters. The van der Waals surface area contributed by atoms with E-state index in [2.05, 4.69) is 17.2 Å². The third kappa shape index (κ3) is 2.35. The van der Waals surface area contributed by atoms with Crippen LogP contribution in [0.2, 0.25) is 0 Å². The molecular weight excluding hydrogens is 262 g/mol. The highest BCUT2D eigenvalue weighted by molar-refractivity contribution is 5.78. The molecule has 0 N–H and O–H groups in total. The van der Waals surface area contributed by atoms with Crippen molar-refractivity contribution in [3.05, 3.63) is 42.7 Å². The number of amides is 1. The number of nitrogens with zero attached hydrogens (tertiary/aromatic N) is 3. The normalized spacial score (nSPS) is 18.3. The topological polar surface area (TPSA) is 38.1 Å². The van der Waals surface area contributed by atoms with Gasteiger partial charge in [-0.05, 0) is 25.0 Å². The van der Waals surface area contributed by atoms with E-state index in [1.807, 2.05) is 36.1 Å². The summed E-state index contributed by atoms with van der Waals surface area (Å²) in [6, 6.07) is 8.23. The maximum atomic E-state index is 12.2. The molecule has 0 saturated carbocycles. The second kappa shape index (κ2) is 5.72. The van der Waals surface area contributed by atoms with Gasteiger partial charge in [-0.25, -0.2) is 4.98 Å². The highest BCUT2D eigenvalue weighted by Crippen LogP contribution is 2.33. The number of para-hydroxylation sites is 2. The van der Waals surface area contributed by atoms with E-state index in [9.17, 15) is 4.79 Å². The van der Waals surface area contributed by atoms with Crippen LogP contribution >= 0.6 is 0 Å². The summed E-state index contributed by atoms with van der Waals surface area (Å²) >= 11 is 0. The molecule has 2 aromatic rings. The van der Waals surface area contributed by atoms with E-state index in [1.165, 1.54) is 0 Å². The van der Waals surface area contributed by atoms with Gasteiger partial charge in [0.15, 0.2) is 0 Å². The molecule has 0 bridgehead atoms. The predicted molar refractivity (Wildman–Crippen MR) is 83.9 cm³/mol. The molecule has 2 heterocycles. The Morgan fingerprint density at radius 2 is 2.29 bits per heavy atom. The number of hydrogen-bond acceptors (Lipinski definition) is 2. The summed E-state index contributed by atoms with van der Waals surface area (Å²) in [6.45, 7) is 7.34. The lowest BCUT2D eigenvalue weighted by molar-refractivity contribution is -0.131. The van der Waals surface area contributed by atoms with Crippen LogP contribution in [0.15, 0.2) is 36.9 Å². The van der Waals surface area contributed by atoms with Gasteiger partial charge in [0.25, 0.3) is 0 Å². The van der Waals surface area contributed by atoms with E-state index in [0.717, 1.165) is 42.8 Å². The predicted octanol–water partition coefficient (Wildman–Crippen LogP) is 3.30. The summed E-state index contributed by atoms with van der Waals surface area (Å²) < 4.78 is 2.19. The van der Waals surface area contributed by atoms with Crippen LogP contribution in [0.3, 0.4) is 0 Å². The Hall–Kier alpha value is -2.10. The molecule has 1 aliphatic heterocycles. The van der Waals surface area contributed by atoms with Crippen LogP contribution < -0.4 is 0 Å². The van der Waals surface area contributed by atoms with Crippen molar-refractivity contribution < 1.29 is 4.79 Å². The molecule has 1 aromatic carbocycles. The minimum absolute atomic E-state index is 0.102. The third-order valence-electron chi connectivity index (χ3n) is 4.17. The average Bonchev–Trinajstić information content (AvgIpc) is 3.11. The summed E-state index contributed by atoms with van der Waals surface area (Å²) in [6.07, 6.45) is 4.48. The molecule has 110 valence electrons. The van der Waals surface area contributed by atoms with Gasteiger partial charge < -0.3 is 9.47 Å². The fourth-order valence-electron chi connectivity index (χ4n) is 3.21. The molecule has 4 heteroatoms. The third-order valence-corrected chi connectivity index (χ3v) is 4.17. The lowest BCUT2D eigenvalue weighted by Gasteiger charge is -2.24. The average molecular weight is 283 g/mol. The fraction of sp³-hybridized carbons (Fsp3) is 0.412.